The first-order valence-electron chi connectivity index (χ1n) is 11.8. The highest BCUT2D eigenvalue weighted by Crippen LogP contribution is 2.26. The average molecular weight is 571 g/mol. The van der Waals surface area contributed by atoms with Gasteiger partial charge in [0.05, 0.1) is 43.4 Å². The van der Waals surface area contributed by atoms with Crippen LogP contribution in [-0.4, -0.2) is 67.8 Å². The maximum atomic E-state index is 13.9. The number of nitriles is 1. The Balaban J connectivity index is 2.01. The number of aliphatic carboxylic acids is 1. The molecule has 2 aromatic carbocycles. The summed E-state index contributed by atoms with van der Waals surface area (Å²) in [6, 6.07) is 14.2. The van der Waals surface area contributed by atoms with Gasteiger partial charge in [-0.3, -0.25) is 23.4 Å². The van der Waals surface area contributed by atoms with Gasteiger partial charge in [-0.2, -0.15) is 13.7 Å². The van der Waals surface area contributed by atoms with Gasteiger partial charge in [0.2, 0.25) is 5.91 Å². The number of aromatic nitrogens is 1. The number of carboxylic acids is 1. The normalized spacial score (nSPS) is 12.6. The minimum atomic E-state index is -3.87. The number of carbonyl (C=O) groups is 4. The second-order valence-corrected chi connectivity index (χ2v) is 10.3. The lowest BCUT2D eigenvalue weighted by Gasteiger charge is -2.30. The number of amides is 2. The summed E-state index contributed by atoms with van der Waals surface area (Å²) in [6.45, 7) is 0.197. The molecule has 1 heterocycles. The maximum absolute atomic E-state index is 13.9. The Kier molecular flexibility index (Phi) is 9.59. The molecule has 2 atom stereocenters. The van der Waals surface area contributed by atoms with Crippen LogP contribution in [0.5, 0.6) is 0 Å². The van der Waals surface area contributed by atoms with Crippen molar-refractivity contribution in [2.24, 2.45) is 5.92 Å². The lowest BCUT2D eigenvalue weighted by atomic mass is 9.95. The van der Waals surface area contributed by atoms with E-state index in [0.29, 0.717) is 11.1 Å². The van der Waals surface area contributed by atoms with Crippen molar-refractivity contribution in [2.45, 2.75) is 19.4 Å². The third-order valence-corrected chi connectivity index (χ3v) is 6.23. The van der Waals surface area contributed by atoms with Gasteiger partial charge in [0.1, 0.15) is 0 Å². The molecule has 0 radical (unpaired) electrons. The zero-order valence-electron chi connectivity index (χ0n) is 21.5. The largest absolute Gasteiger partial charge is 0.481 e. The quantitative estimate of drug-likeness (QED) is 0.214. The van der Waals surface area contributed by atoms with Crippen LogP contribution in [-0.2, 0) is 38.2 Å². The second-order valence-electron chi connectivity index (χ2n) is 8.68. The maximum Gasteiger partial charge on any atom is 0.304 e. The number of hydrogen-bond donors (Lipinski definition) is 3. The molecule has 0 saturated carbocycles. The van der Waals surface area contributed by atoms with Crippen molar-refractivity contribution in [1.82, 2.24) is 4.98 Å². The fourth-order valence-corrected chi connectivity index (χ4v) is 4.28. The Hall–Kier alpha value is -4.74. The van der Waals surface area contributed by atoms with E-state index in [4.69, 9.17) is 14.2 Å². The summed E-state index contributed by atoms with van der Waals surface area (Å²) in [7, 11) is -3.87. The van der Waals surface area contributed by atoms with Crippen molar-refractivity contribution >= 4 is 56.1 Å². The highest BCUT2D eigenvalue weighted by atomic mass is 32.2. The molecule has 2 amide bonds. The van der Waals surface area contributed by atoms with E-state index < -0.39 is 58.9 Å². The van der Waals surface area contributed by atoms with Crippen LogP contribution in [0.15, 0.2) is 54.7 Å². The molecule has 3 N–H and O–H groups in total. The number of aromatic amines is 1. The summed E-state index contributed by atoms with van der Waals surface area (Å²) in [5.41, 5.74) is 1.41. The molecule has 0 saturated heterocycles. The first-order chi connectivity index (χ1) is 18.9. The lowest BCUT2D eigenvalue weighted by molar-refractivity contribution is -0.160. The zero-order valence-corrected chi connectivity index (χ0v) is 22.3. The van der Waals surface area contributed by atoms with Gasteiger partial charge >= 0.3 is 11.9 Å². The fraction of sp³-hybridized carbons (Fsp3) is 0.269. The molecule has 0 unspecified atom stereocenters. The Morgan fingerprint density at radius 3 is 2.42 bits per heavy atom. The van der Waals surface area contributed by atoms with Crippen LogP contribution in [0.3, 0.4) is 0 Å². The van der Waals surface area contributed by atoms with Gasteiger partial charge in [0.25, 0.3) is 16.0 Å². The van der Waals surface area contributed by atoms with Crippen LogP contribution in [0.1, 0.15) is 18.9 Å². The molecule has 0 aliphatic heterocycles. The van der Waals surface area contributed by atoms with Crippen molar-refractivity contribution < 1.29 is 41.6 Å². The molecule has 1 aromatic heterocycles. The highest BCUT2D eigenvalue weighted by molar-refractivity contribution is 7.85. The van der Waals surface area contributed by atoms with Crippen LogP contribution in [0.2, 0.25) is 0 Å². The third-order valence-electron chi connectivity index (χ3n) is 5.64. The van der Waals surface area contributed by atoms with E-state index in [9.17, 15) is 32.7 Å². The number of fused-ring (bicyclic) bond motifs is 1. The lowest BCUT2D eigenvalue weighted by Crippen LogP contribution is -2.49. The second kappa shape index (κ2) is 12.9. The van der Waals surface area contributed by atoms with Gasteiger partial charge in [0.15, 0.2) is 6.10 Å². The molecule has 40 heavy (non-hydrogen) atoms. The Morgan fingerprint density at radius 2 is 1.82 bits per heavy atom. The summed E-state index contributed by atoms with van der Waals surface area (Å²) < 4.78 is 33.0. The molecular weight excluding hydrogens is 544 g/mol. The molecule has 0 fully saturated rings. The van der Waals surface area contributed by atoms with Gasteiger partial charge < -0.3 is 25.0 Å². The van der Waals surface area contributed by atoms with Gasteiger partial charge in [-0.25, -0.2) is 0 Å². The fourth-order valence-electron chi connectivity index (χ4n) is 3.90. The minimum Gasteiger partial charge on any atom is -0.481 e. The SMILES string of the molecule is CC(=O)O[C@@H](C(=O)Nc1ccc(C#N)cc1)[C@@H](CC(=O)O)C(=O)N(CCOS(C)(=O)=O)c1ccc2cc[nH]c2c1. The number of carboxylic acid groups (broad SMARTS) is 1. The van der Waals surface area contributed by atoms with E-state index in [2.05, 4.69) is 10.3 Å². The van der Waals surface area contributed by atoms with E-state index in [1.165, 1.54) is 24.3 Å². The van der Waals surface area contributed by atoms with Crippen LogP contribution in [0.25, 0.3) is 10.9 Å². The van der Waals surface area contributed by atoms with Gasteiger partial charge in [-0.05, 0) is 47.9 Å². The van der Waals surface area contributed by atoms with Gasteiger partial charge in [-0.1, -0.05) is 6.07 Å². The van der Waals surface area contributed by atoms with Crippen LogP contribution >= 0.6 is 0 Å². The third kappa shape index (κ3) is 8.13. The zero-order chi connectivity index (χ0) is 29.4. The summed E-state index contributed by atoms with van der Waals surface area (Å²) in [5.74, 6) is -6.01. The number of benzene rings is 2. The molecule has 0 bridgehead atoms. The molecule has 13 nitrogen and oxygen atoms in total. The summed E-state index contributed by atoms with van der Waals surface area (Å²) >= 11 is 0. The number of rotatable bonds is 12. The predicted molar refractivity (Wildman–Crippen MR) is 143 cm³/mol. The van der Waals surface area contributed by atoms with Crippen molar-refractivity contribution in [2.75, 3.05) is 29.6 Å². The van der Waals surface area contributed by atoms with E-state index >= 15 is 0 Å². The number of anilines is 2. The number of hydrogen-bond acceptors (Lipinski definition) is 9. The van der Waals surface area contributed by atoms with E-state index in [1.807, 2.05) is 6.07 Å². The van der Waals surface area contributed by atoms with E-state index in [0.717, 1.165) is 23.5 Å². The van der Waals surface area contributed by atoms with Gasteiger partial charge in [0, 0.05) is 30.0 Å². The molecule has 0 aliphatic carbocycles. The van der Waals surface area contributed by atoms with E-state index in [1.54, 1.807) is 30.5 Å². The summed E-state index contributed by atoms with van der Waals surface area (Å²) in [6.07, 6.45) is -0.262. The standard InChI is InChI=1S/C26H26N4O9S/c1-16(31)39-24(25(34)29-19-6-3-17(15-27)4-7-19)21(14-23(32)33)26(35)30(11-12-38-40(2,36)37)20-8-5-18-9-10-28-22(18)13-20/h3-10,13,21,24,28H,11-12,14H2,1-2H3,(H,29,34)(H,32,33)/t21-,24-/m1/s1. The number of H-pyrrole nitrogens is 1. The monoisotopic (exact) mass is 570 g/mol. The topological polar surface area (TPSA) is 196 Å². The summed E-state index contributed by atoms with van der Waals surface area (Å²) in [4.78, 5) is 55.0. The molecular formula is C26H26N4O9S. The smallest absolute Gasteiger partial charge is 0.304 e. The number of esters is 1. The number of nitrogens with zero attached hydrogens (tertiary/aromatic N) is 2. The number of ether oxygens (including phenoxy) is 1. The van der Waals surface area contributed by atoms with Crippen molar-refractivity contribution in [3.8, 4) is 6.07 Å². The average Bonchev–Trinajstić information content (AvgIpc) is 3.36. The Labute approximate surface area is 229 Å². The van der Waals surface area contributed by atoms with E-state index in [-0.39, 0.29) is 17.9 Å². The Morgan fingerprint density at radius 1 is 1.12 bits per heavy atom. The van der Waals surface area contributed by atoms with Crippen molar-refractivity contribution in [3.05, 3.63) is 60.3 Å². The van der Waals surface area contributed by atoms with Crippen LogP contribution in [0.4, 0.5) is 11.4 Å². The molecule has 0 aliphatic rings. The molecule has 0 spiro atoms. The first-order valence-corrected chi connectivity index (χ1v) is 13.6. The molecule has 14 heteroatoms. The van der Waals surface area contributed by atoms with Crippen LogP contribution < -0.4 is 10.2 Å². The van der Waals surface area contributed by atoms with Crippen LogP contribution in [0, 0.1) is 17.2 Å². The van der Waals surface area contributed by atoms with Crippen molar-refractivity contribution in [3.63, 3.8) is 0 Å². The van der Waals surface area contributed by atoms with Gasteiger partial charge in [-0.15, -0.1) is 0 Å². The number of nitrogens with one attached hydrogen (secondary N) is 2. The highest BCUT2D eigenvalue weighted by Gasteiger charge is 2.41. The minimum absolute atomic E-state index is 0.207. The molecule has 210 valence electrons. The molecule has 3 aromatic rings. The van der Waals surface area contributed by atoms with Crippen molar-refractivity contribution in [1.29, 1.82) is 5.26 Å². The number of carbonyl (C=O) groups excluding carboxylic acids is 3. The Bertz CT molecular complexity index is 1560. The summed E-state index contributed by atoms with van der Waals surface area (Å²) in [5, 5.41) is 21.9. The molecule has 3 rings (SSSR count). The predicted octanol–water partition coefficient (Wildman–Crippen LogP) is 2.01. The first kappa shape index (κ1) is 29.8.